The molecule has 2 rings (SSSR count). The molecule has 100 valence electrons. The lowest BCUT2D eigenvalue weighted by atomic mass is 10.1. The first-order chi connectivity index (χ1) is 9.83. The highest BCUT2D eigenvalue weighted by Crippen LogP contribution is 2.18. The van der Waals surface area contributed by atoms with Crippen LogP contribution in [0.2, 0.25) is 0 Å². The quantitative estimate of drug-likeness (QED) is 0.556. The van der Waals surface area contributed by atoms with Crippen LogP contribution in [-0.4, -0.2) is 0 Å². The molecule has 0 aromatic carbocycles. The third-order valence-corrected chi connectivity index (χ3v) is 4.39. The minimum atomic E-state index is 1.03. The third-order valence-electron chi connectivity index (χ3n) is 2.71. The SMILES string of the molecule is C=CC(C=C)=C(/C=C/c1cccs1)/C=C/c1cccs1. The largest absolute Gasteiger partial charge is 0.144 e. The van der Waals surface area contributed by atoms with Gasteiger partial charge in [0.2, 0.25) is 0 Å². The zero-order valence-corrected chi connectivity index (χ0v) is 12.8. The highest BCUT2D eigenvalue weighted by molar-refractivity contribution is 7.11. The predicted molar refractivity (Wildman–Crippen MR) is 94.1 cm³/mol. The maximum absolute atomic E-state index is 3.85. The summed E-state index contributed by atoms with van der Waals surface area (Å²) in [5.41, 5.74) is 2.14. The van der Waals surface area contributed by atoms with E-state index < -0.39 is 0 Å². The number of thiophene rings is 2. The first kappa shape index (κ1) is 14.5. The van der Waals surface area contributed by atoms with Gasteiger partial charge in [0.1, 0.15) is 0 Å². The number of hydrogen-bond donors (Lipinski definition) is 0. The molecule has 0 N–H and O–H groups in total. The van der Waals surface area contributed by atoms with Crippen molar-refractivity contribution < 1.29 is 0 Å². The second kappa shape index (κ2) is 7.63. The Morgan fingerprint density at radius 2 is 1.30 bits per heavy atom. The van der Waals surface area contributed by atoms with E-state index in [1.165, 1.54) is 9.75 Å². The van der Waals surface area contributed by atoms with Crippen molar-refractivity contribution in [2.75, 3.05) is 0 Å². The molecule has 2 aromatic heterocycles. The molecule has 0 aliphatic rings. The zero-order valence-electron chi connectivity index (χ0n) is 11.2. The van der Waals surface area contributed by atoms with Crippen LogP contribution in [0, 0.1) is 0 Å². The maximum atomic E-state index is 3.85. The Morgan fingerprint density at radius 1 is 0.800 bits per heavy atom. The van der Waals surface area contributed by atoms with Crippen LogP contribution in [0.5, 0.6) is 0 Å². The molecule has 20 heavy (non-hydrogen) atoms. The van der Waals surface area contributed by atoms with Crippen LogP contribution in [-0.2, 0) is 0 Å². The molecule has 0 fully saturated rings. The van der Waals surface area contributed by atoms with Crippen molar-refractivity contribution >= 4 is 34.8 Å². The van der Waals surface area contributed by atoms with E-state index in [1.54, 1.807) is 22.7 Å². The molecule has 0 atom stereocenters. The lowest BCUT2D eigenvalue weighted by Gasteiger charge is -1.99. The Labute approximate surface area is 128 Å². The molecule has 0 saturated carbocycles. The second-order valence-electron chi connectivity index (χ2n) is 4.02. The summed E-state index contributed by atoms with van der Waals surface area (Å²) in [6.45, 7) is 7.70. The van der Waals surface area contributed by atoms with E-state index >= 15 is 0 Å². The molecule has 0 aliphatic heterocycles. The number of hydrogen-bond acceptors (Lipinski definition) is 2. The number of rotatable bonds is 6. The molecular formula is C18H16S2. The van der Waals surface area contributed by atoms with Gasteiger partial charge < -0.3 is 0 Å². The Morgan fingerprint density at radius 3 is 1.65 bits per heavy atom. The predicted octanol–water partition coefficient (Wildman–Crippen LogP) is 6.20. The van der Waals surface area contributed by atoms with Gasteiger partial charge in [-0.3, -0.25) is 0 Å². The van der Waals surface area contributed by atoms with Crippen molar-refractivity contribution in [2.24, 2.45) is 0 Å². The monoisotopic (exact) mass is 296 g/mol. The summed E-state index contributed by atoms with van der Waals surface area (Å²) in [6.07, 6.45) is 12.1. The van der Waals surface area contributed by atoms with Crippen LogP contribution < -0.4 is 0 Å². The van der Waals surface area contributed by atoms with Crippen LogP contribution in [0.3, 0.4) is 0 Å². The molecule has 0 nitrogen and oxygen atoms in total. The van der Waals surface area contributed by atoms with Crippen molar-refractivity contribution in [1.29, 1.82) is 0 Å². The van der Waals surface area contributed by atoms with Crippen LogP contribution in [0.4, 0.5) is 0 Å². The van der Waals surface area contributed by atoms with E-state index in [-0.39, 0.29) is 0 Å². The van der Waals surface area contributed by atoms with Crippen LogP contribution in [0.25, 0.3) is 12.2 Å². The lowest BCUT2D eigenvalue weighted by molar-refractivity contribution is 1.60. The first-order valence-corrected chi connectivity index (χ1v) is 8.01. The Balaban J connectivity index is 2.28. The number of allylic oxidation sites excluding steroid dienone is 6. The average molecular weight is 296 g/mol. The van der Waals surface area contributed by atoms with Crippen molar-refractivity contribution in [3.05, 3.63) is 93.4 Å². The maximum Gasteiger partial charge on any atom is 0.0270 e. The van der Waals surface area contributed by atoms with E-state index in [0.29, 0.717) is 0 Å². The minimum Gasteiger partial charge on any atom is -0.144 e. The van der Waals surface area contributed by atoms with Gasteiger partial charge in [0.25, 0.3) is 0 Å². The van der Waals surface area contributed by atoms with Gasteiger partial charge in [0, 0.05) is 9.75 Å². The Hall–Kier alpha value is -1.90. The van der Waals surface area contributed by atoms with Gasteiger partial charge in [-0.15, -0.1) is 22.7 Å². The summed E-state index contributed by atoms with van der Waals surface area (Å²) in [7, 11) is 0. The zero-order chi connectivity index (χ0) is 14.2. The van der Waals surface area contributed by atoms with Crippen molar-refractivity contribution in [1.82, 2.24) is 0 Å². The topological polar surface area (TPSA) is 0 Å². The van der Waals surface area contributed by atoms with E-state index in [1.807, 2.05) is 12.2 Å². The van der Waals surface area contributed by atoms with E-state index in [2.05, 4.69) is 72.5 Å². The summed E-state index contributed by atoms with van der Waals surface area (Å²) in [5.74, 6) is 0. The molecule has 2 heteroatoms. The molecule has 0 amide bonds. The fraction of sp³-hybridized carbons (Fsp3) is 0. The van der Waals surface area contributed by atoms with Crippen molar-refractivity contribution in [3.63, 3.8) is 0 Å². The molecule has 0 unspecified atom stereocenters. The molecular weight excluding hydrogens is 280 g/mol. The van der Waals surface area contributed by atoms with Gasteiger partial charge in [-0.1, -0.05) is 49.6 Å². The van der Waals surface area contributed by atoms with Gasteiger partial charge >= 0.3 is 0 Å². The van der Waals surface area contributed by atoms with Gasteiger partial charge in [-0.2, -0.15) is 0 Å². The molecule has 0 aliphatic carbocycles. The van der Waals surface area contributed by atoms with Gasteiger partial charge in [0.05, 0.1) is 0 Å². The van der Waals surface area contributed by atoms with E-state index in [0.717, 1.165) is 11.1 Å². The first-order valence-electron chi connectivity index (χ1n) is 6.26. The highest BCUT2D eigenvalue weighted by Gasteiger charge is 1.95. The highest BCUT2D eigenvalue weighted by atomic mass is 32.1. The van der Waals surface area contributed by atoms with Gasteiger partial charge in [-0.05, 0) is 46.2 Å². The Kier molecular flexibility index (Phi) is 5.54. The fourth-order valence-corrected chi connectivity index (χ4v) is 2.92. The smallest absolute Gasteiger partial charge is 0.0270 e. The summed E-state index contributed by atoms with van der Waals surface area (Å²) >= 11 is 3.45. The van der Waals surface area contributed by atoms with Crippen LogP contribution in [0.1, 0.15) is 9.75 Å². The van der Waals surface area contributed by atoms with Gasteiger partial charge in [-0.25, -0.2) is 0 Å². The van der Waals surface area contributed by atoms with Crippen LogP contribution >= 0.6 is 22.7 Å². The summed E-state index contributed by atoms with van der Waals surface area (Å²) in [5, 5.41) is 4.15. The average Bonchev–Trinajstić information content (AvgIpc) is 3.15. The van der Waals surface area contributed by atoms with Crippen molar-refractivity contribution in [2.45, 2.75) is 0 Å². The Bertz CT molecular complexity index is 579. The lowest BCUT2D eigenvalue weighted by Crippen LogP contribution is -1.79. The van der Waals surface area contributed by atoms with Crippen molar-refractivity contribution in [3.8, 4) is 0 Å². The fourth-order valence-electron chi connectivity index (χ4n) is 1.68. The summed E-state index contributed by atoms with van der Waals surface area (Å²) in [6, 6.07) is 8.31. The molecule has 0 saturated heterocycles. The normalized spacial score (nSPS) is 11.0. The van der Waals surface area contributed by atoms with E-state index in [4.69, 9.17) is 0 Å². The van der Waals surface area contributed by atoms with Gasteiger partial charge in [0.15, 0.2) is 0 Å². The second-order valence-corrected chi connectivity index (χ2v) is 5.97. The molecule has 0 spiro atoms. The standard InChI is InChI=1S/C18H16S2/c1-3-15(4-2)16(9-11-17-7-5-13-19-17)10-12-18-8-6-14-20-18/h3-14H,1-2H2/b11-9+,12-10+. The molecule has 2 heterocycles. The minimum absolute atomic E-state index is 1.03. The summed E-state index contributed by atoms with van der Waals surface area (Å²) < 4.78 is 0. The van der Waals surface area contributed by atoms with Crippen LogP contribution in [0.15, 0.2) is 83.6 Å². The van der Waals surface area contributed by atoms with E-state index in [9.17, 15) is 0 Å². The molecule has 0 bridgehead atoms. The third kappa shape index (κ3) is 4.05. The molecule has 0 radical (unpaired) electrons. The molecule has 2 aromatic rings. The summed E-state index contributed by atoms with van der Waals surface area (Å²) in [4.78, 5) is 2.47.